The molecule has 3 N–H and O–H groups in total. The molecule has 0 fully saturated rings. The topological polar surface area (TPSA) is 64.7 Å². The van der Waals surface area contributed by atoms with Gasteiger partial charge in [-0.15, -0.1) is 0 Å². The van der Waals surface area contributed by atoms with Crippen LogP contribution in [0, 0.1) is 0 Å². The summed E-state index contributed by atoms with van der Waals surface area (Å²) in [5.74, 6) is 0. The average molecular weight is 161 g/mol. The van der Waals surface area contributed by atoms with E-state index in [1.54, 1.807) is 0 Å². The molecule has 0 rings (SSSR count). The Morgan fingerprint density at radius 3 is 2.45 bits per heavy atom. The quantitative estimate of drug-likeness (QED) is 0.493. The van der Waals surface area contributed by atoms with E-state index in [1.807, 2.05) is 0 Å². The van der Waals surface area contributed by atoms with Crippen molar-refractivity contribution in [2.75, 3.05) is 33.0 Å². The third kappa shape index (κ3) is 9.42. The molecule has 4 heteroatoms. The summed E-state index contributed by atoms with van der Waals surface area (Å²) in [6, 6.07) is 0. The highest BCUT2D eigenvalue weighted by Crippen LogP contribution is 1.81. The first kappa shape index (κ1) is 10.4. The molecule has 0 unspecified atom stereocenters. The summed E-state index contributed by atoms with van der Waals surface area (Å²) in [4.78, 5) is 0. The van der Waals surface area contributed by atoms with Crippen LogP contribution in [0.15, 0.2) is 12.3 Å². The van der Waals surface area contributed by atoms with Gasteiger partial charge in [-0.3, -0.25) is 0 Å². The van der Waals surface area contributed by atoms with E-state index >= 15 is 0 Å². The van der Waals surface area contributed by atoms with E-state index in [9.17, 15) is 0 Å². The van der Waals surface area contributed by atoms with Crippen molar-refractivity contribution < 1.29 is 14.6 Å². The summed E-state index contributed by atoms with van der Waals surface area (Å²) in [7, 11) is 0. The molecule has 0 saturated heterocycles. The van der Waals surface area contributed by atoms with Crippen LogP contribution in [0.1, 0.15) is 0 Å². The molecule has 0 aliphatic heterocycles. The Balaban J connectivity index is 2.85. The Morgan fingerprint density at radius 2 is 1.91 bits per heavy atom. The van der Waals surface area contributed by atoms with Crippen molar-refractivity contribution in [3.63, 3.8) is 0 Å². The second-order valence-corrected chi connectivity index (χ2v) is 2.05. The maximum atomic E-state index is 8.31. The van der Waals surface area contributed by atoms with E-state index in [2.05, 4.69) is 6.58 Å². The molecule has 0 saturated carbocycles. The van der Waals surface area contributed by atoms with E-state index in [0.29, 0.717) is 32.1 Å². The number of rotatable bonds is 7. The highest BCUT2D eigenvalue weighted by atomic mass is 16.5. The van der Waals surface area contributed by atoms with Crippen molar-refractivity contribution in [1.82, 2.24) is 0 Å². The van der Waals surface area contributed by atoms with Gasteiger partial charge in [0.2, 0.25) is 0 Å². The molecule has 0 amide bonds. The molecule has 0 spiro atoms. The zero-order valence-electron chi connectivity index (χ0n) is 6.58. The lowest BCUT2D eigenvalue weighted by Crippen LogP contribution is -2.11. The Kier molecular flexibility index (Phi) is 7.13. The van der Waals surface area contributed by atoms with E-state index in [0.717, 1.165) is 0 Å². The maximum absolute atomic E-state index is 8.31. The normalized spacial score (nSPS) is 9.91. The number of ether oxygens (including phenoxy) is 2. The predicted octanol–water partition coefficient (Wildman–Crippen LogP) is -0.516. The van der Waals surface area contributed by atoms with E-state index in [1.165, 1.54) is 0 Å². The van der Waals surface area contributed by atoms with Crippen molar-refractivity contribution in [3.05, 3.63) is 12.3 Å². The van der Waals surface area contributed by atoms with Crippen LogP contribution in [0.25, 0.3) is 0 Å². The molecule has 0 aromatic heterocycles. The molecule has 0 atom stereocenters. The van der Waals surface area contributed by atoms with Crippen LogP contribution in [0.5, 0.6) is 0 Å². The fourth-order valence-electron chi connectivity index (χ4n) is 0.488. The Hall–Kier alpha value is -0.580. The summed E-state index contributed by atoms with van der Waals surface area (Å²) in [6.07, 6.45) is 0. The first-order valence-electron chi connectivity index (χ1n) is 3.47. The van der Waals surface area contributed by atoms with Crippen molar-refractivity contribution in [2.45, 2.75) is 0 Å². The van der Waals surface area contributed by atoms with Gasteiger partial charge in [-0.1, -0.05) is 6.58 Å². The lowest BCUT2D eigenvalue weighted by atomic mass is 10.5. The summed E-state index contributed by atoms with van der Waals surface area (Å²) >= 11 is 0. The molecule has 66 valence electrons. The minimum absolute atomic E-state index is 0.0452. The molecular formula is C7H15NO3. The van der Waals surface area contributed by atoms with Gasteiger partial charge in [-0.05, 0) is 0 Å². The highest BCUT2D eigenvalue weighted by molar-refractivity contribution is 4.84. The maximum Gasteiger partial charge on any atom is 0.0855 e. The van der Waals surface area contributed by atoms with Gasteiger partial charge in [0, 0.05) is 5.70 Å². The Labute approximate surface area is 66.6 Å². The van der Waals surface area contributed by atoms with Gasteiger partial charge in [0.25, 0.3) is 0 Å². The van der Waals surface area contributed by atoms with Crippen LogP contribution >= 0.6 is 0 Å². The second kappa shape index (κ2) is 7.53. The molecule has 4 nitrogen and oxygen atoms in total. The van der Waals surface area contributed by atoms with Gasteiger partial charge in [-0.25, -0.2) is 0 Å². The molecule has 0 aliphatic carbocycles. The molecular weight excluding hydrogens is 146 g/mol. The number of nitrogens with two attached hydrogens (primary N) is 1. The Bertz CT molecular complexity index is 106. The van der Waals surface area contributed by atoms with Gasteiger partial charge in [0.05, 0.1) is 33.0 Å². The molecule has 0 heterocycles. The first-order chi connectivity index (χ1) is 5.27. The second-order valence-electron chi connectivity index (χ2n) is 2.05. The molecule has 0 aliphatic rings. The monoisotopic (exact) mass is 161 g/mol. The third-order valence-corrected chi connectivity index (χ3v) is 0.895. The van der Waals surface area contributed by atoms with Crippen LogP contribution in [-0.2, 0) is 9.47 Å². The van der Waals surface area contributed by atoms with Crippen LogP contribution in [0.3, 0.4) is 0 Å². The fraction of sp³-hybridized carbons (Fsp3) is 0.714. The summed E-state index contributed by atoms with van der Waals surface area (Å²) in [5.41, 5.74) is 5.74. The van der Waals surface area contributed by atoms with Crippen LogP contribution in [0.2, 0.25) is 0 Å². The SMILES string of the molecule is C=C(N)COCCOCCO. The minimum Gasteiger partial charge on any atom is -0.401 e. The molecule has 0 radical (unpaired) electrons. The summed E-state index contributed by atoms with van der Waals surface area (Å²) < 4.78 is 9.93. The zero-order valence-corrected chi connectivity index (χ0v) is 6.58. The Morgan fingerprint density at radius 1 is 1.27 bits per heavy atom. The van der Waals surface area contributed by atoms with Crippen molar-refractivity contribution in [1.29, 1.82) is 0 Å². The predicted molar refractivity (Wildman–Crippen MR) is 42.1 cm³/mol. The number of aliphatic hydroxyl groups excluding tert-OH is 1. The lowest BCUT2D eigenvalue weighted by molar-refractivity contribution is 0.0394. The van der Waals surface area contributed by atoms with E-state index in [-0.39, 0.29) is 6.61 Å². The number of hydrogen-bond acceptors (Lipinski definition) is 4. The number of aliphatic hydroxyl groups is 1. The highest BCUT2D eigenvalue weighted by Gasteiger charge is 1.88. The third-order valence-electron chi connectivity index (χ3n) is 0.895. The molecule has 11 heavy (non-hydrogen) atoms. The number of hydrogen-bond donors (Lipinski definition) is 2. The minimum atomic E-state index is 0.0452. The summed E-state index contributed by atoms with van der Waals surface area (Å²) in [5, 5.41) is 8.31. The lowest BCUT2D eigenvalue weighted by Gasteiger charge is -2.03. The molecule has 0 aromatic carbocycles. The first-order valence-corrected chi connectivity index (χ1v) is 3.47. The van der Waals surface area contributed by atoms with Gasteiger partial charge in [0.15, 0.2) is 0 Å². The van der Waals surface area contributed by atoms with Gasteiger partial charge in [0.1, 0.15) is 0 Å². The molecule has 0 aromatic rings. The van der Waals surface area contributed by atoms with Gasteiger partial charge >= 0.3 is 0 Å². The van der Waals surface area contributed by atoms with Crippen molar-refractivity contribution >= 4 is 0 Å². The summed E-state index contributed by atoms with van der Waals surface area (Å²) in [6.45, 7) is 5.19. The smallest absolute Gasteiger partial charge is 0.0855 e. The van der Waals surface area contributed by atoms with Crippen molar-refractivity contribution in [2.24, 2.45) is 5.73 Å². The van der Waals surface area contributed by atoms with Crippen LogP contribution in [0.4, 0.5) is 0 Å². The standard InChI is InChI=1S/C7H15NO3/c1-7(8)6-11-5-4-10-3-2-9/h9H,1-6,8H2. The van der Waals surface area contributed by atoms with Crippen LogP contribution < -0.4 is 5.73 Å². The van der Waals surface area contributed by atoms with E-state index < -0.39 is 0 Å². The van der Waals surface area contributed by atoms with Crippen LogP contribution in [-0.4, -0.2) is 38.1 Å². The fourth-order valence-corrected chi connectivity index (χ4v) is 0.488. The largest absolute Gasteiger partial charge is 0.401 e. The molecule has 0 bridgehead atoms. The zero-order chi connectivity index (χ0) is 8.53. The van der Waals surface area contributed by atoms with Crippen molar-refractivity contribution in [3.8, 4) is 0 Å². The van der Waals surface area contributed by atoms with Gasteiger partial charge in [-0.2, -0.15) is 0 Å². The van der Waals surface area contributed by atoms with Gasteiger partial charge < -0.3 is 20.3 Å². The van der Waals surface area contributed by atoms with E-state index in [4.69, 9.17) is 20.3 Å². The average Bonchev–Trinajstić information content (AvgIpc) is 1.96.